The third-order valence-corrected chi connectivity index (χ3v) is 2.90. The summed E-state index contributed by atoms with van der Waals surface area (Å²) < 4.78 is 15.5. The zero-order valence-corrected chi connectivity index (χ0v) is 12.3. The monoisotopic (exact) mass is 281 g/mol. The Bertz CT molecular complexity index is 434. The molecule has 1 atom stereocenters. The average molecular weight is 281 g/mol. The second kappa shape index (κ2) is 8.43. The van der Waals surface area contributed by atoms with E-state index in [1.165, 1.54) is 0 Å². The predicted molar refractivity (Wildman–Crippen MR) is 77.1 cm³/mol. The van der Waals surface area contributed by atoms with Gasteiger partial charge in [0.25, 0.3) is 0 Å². The maximum absolute atomic E-state index is 11.3. The highest BCUT2D eigenvalue weighted by Gasteiger charge is 2.10. The first-order valence-electron chi connectivity index (χ1n) is 6.81. The largest absolute Gasteiger partial charge is 0.493 e. The summed E-state index contributed by atoms with van der Waals surface area (Å²) in [6.45, 7) is 4.01. The van der Waals surface area contributed by atoms with Gasteiger partial charge in [0, 0.05) is 6.04 Å². The van der Waals surface area contributed by atoms with Crippen LogP contribution in [0.3, 0.4) is 0 Å². The summed E-state index contributed by atoms with van der Waals surface area (Å²) >= 11 is 0. The van der Waals surface area contributed by atoms with E-state index in [4.69, 9.17) is 19.9 Å². The Morgan fingerprint density at radius 1 is 1.30 bits per heavy atom. The second-order valence-corrected chi connectivity index (χ2v) is 4.45. The highest BCUT2D eigenvalue weighted by molar-refractivity contribution is 5.71. The summed E-state index contributed by atoms with van der Waals surface area (Å²) in [5, 5.41) is 0. The molecule has 5 nitrogen and oxygen atoms in total. The quantitative estimate of drug-likeness (QED) is 0.737. The molecule has 0 radical (unpaired) electrons. The zero-order valence-electron chi connectivity index (χ0n) is 12.3. The van der Waals surface area contributed by atoms with Crippen LogP contribution in [0.4, 0.5) is 0 Å². The van der Waals surface area contributed by atoms with Crippen molar-refractivity contribution in [3.8, 4) is 11.5 Å². The van der Waals surface area contributed by atoms with Gasteiger partial charge in [0.1, 0.15) is 0 Å². The van der Waals surface area contributed by atoms with E-state index in [0.717, 1.165) is 18.4 Å². The van der Waals surface area contributed by atoms with Crippen molar-refractivity contribution in [1.82, 2.24) is 0 Å². The topological polar surface area (TPSA) is 70.8 Å². The van der Waals surface area contributed by atoms with Gasteiger partial charge in [-0.2, -0.15) is 0 Å². The lowest BCUT2D eigenvalue weighted by atomic mass is 10.0. The Kier molecular flexibility index (Phi) is 6.87. The number of benzene rings is 1. The molecule has 0 aliphatic rings. The molecule has 0 saturated carbocycles. The van der Waals surface area contributed by atoms with Gasteiger partial charge in [-0.25, -0.2) is 4.79 Å². The maximum Gasteiger partial charge on any atom is 0.344 e. The molecule has 0 aromatic heterocycles. The third-order valence-electron chi connectivity index (χ3n) is 2.90. The lowest BCUT2D eigenvalue weighted by molar-refractivity contribution is -0.145. The molecule has 1 unspecified atom stereocenters. The lowest BCUT2D eigenvalue weighted by Crippen LogP contribution is -2.21. The van der Waals surface area contributed by atoms with E-state index in [1.54, 1.807) is 14.0 Å². The Hall–Kier alpha value is -1.75. The van der Waals surface area contributed by atoms with Crippen LogP contribution in [0.25, 0.3) is 0 Å². The van der Waals surface area contributed by atoms with Crippen LogP contribution in [-0.4, -0.2) is 32.3 Å². The number of hydrogen-bond donors (Lipinski definition) is 1. The molecule has 0 fully saturated rings. The van der Waals surface area contributed by atoms with Crippen molar-refractivity contribution >= 4 is 5.97 Å². The van der Waals surface area contributed by atoms with E-state index in [9.17, 15) is 4.79 Å². The van der Waals surface area contributed by atoms with Gasteiger partial charge in [0.05, 0.1) is 13.7 Å². The van der Waals surface area contributed by atoms with Gasteiger partial charge in [0.15, 0.2) is 18.1 Å². The van der Waals surface area contributed by atoms with Gasteiger partial charge in [-0.1, -0.05) is 13.0 Å². The predicted octanol–water partition coefficient (Wildman–Crippen LogP) is 1.92. The van der Waals surface area contributed by atoms with Gasteiger partial charge < -0.3 is 19.9 Å². The van der Waals surface area contributed by atoms with Crippen LogP contribution >= 0.6 is 0 Å². The number of rotatable bonds is 8. The summed E-state index contributed by atoms with van der Waals surface area (Å²) in [4.78, 5) is 11.3. The molecule has 5 heteroatoms. The number of carbonyl (C=O) groups is 1. The van der Waals surface area contributed by atoms with Crippen molar-refractivity contribution in [3.05, 3.63) is 23.8 Å². The average Bonchev–Trinajstić information content (AvgIpc) is 2.45. The smallest absolute Gasteiger partial charge is 0.344 e. The molecule has 112 valence electrons. The summed E-state index contributed by atoms with van der Waals surface area (Å²) in [7, 11) is 1.56. The highest BCUT2D eigenvalue weighted by Crippen LogP contribution is 2.28. The second-order valence-electron chi connectivity index (χ2n) is 4.45. The fourth-order valence-corrected chi connectivity index (χ4v) is 1.75. The van der Waals surface area contributed by atoms with E-state index in [2.05, 4.69) is 0 Å². The van der Waals surface area contributed by atoms with E-state index in [1.807, 2.05) is 25.1 Å². The fourth-order valence-electron chi connectivity index (χ4n) is 1.75. The molecule has 0 bridgehead atoms. The molecule has 0 aliphatic heterocycles. The first-order valence-corrected chi connectivity index (χ1v) is 6.81. The Labute approximate surface area is 120 Å². The van der Waals surface area contributed by atoms with Crippen LogP contribution in [0.15, 0.2) is 18.2 Å². The van der Waals surface area contributed by atoms with Crippen molar-refractivity contribution in [2.45, 2.75) is 32.7 Å². The Morgan fingerprint density at radius 2 is 2.05 bits per heavy atom. The minimum absolute atomic E-state index is 0.112. The fraction of sp³-hybridized carbons (Fsp3) is 0.533. The maximum atomic E-state index is 11.3. The Balaban J connectivity index is 2.75. The van der Waals surface area contributed by atoms with Crippen LogP contribution in [0, 0.1) is 0 Å². The SMILES string of the molecule is CCOC(=O)COc1cc(CC(N)CC)ccc1OC. The van der Waals surface area contributed by atoms with Gasteiger partial charge in [-0.05, 0) is 37.5 Å². The number of esters is 1. The molecule has 0 saturated heterocycles. The third kappa shape index (κ3) is 5.09. The molecule has 0 aliphatic carbocycles. The molecule has 2 N–H and O–H groups in total. The van der Waals surface area contributed by atoms with Crippen LogP contribution in [0.1, 0.15) is 25.8 Å². The van der Waals surface area contributed by atoms with Crippen molar-refractivity contribution < 1.29 is 19.0 Å². The van der Waals surface area contributed by atoms with Crippen LogP contribution in [0.5, 0.6) is 11.5 Å². The molecule has 0 spiro atoms. The minimum atomic E-state index is -0.398. The van der Waals surface area contributed by atoms with Gasteiger partial charge in [-0.3, -0.25) is 0 Å². The van der Waals surface area contributed by atoms with Gasteiger partial charge in [0.2, 0.25) is 0 Å². The van der Waals surface area contributed by atoms with Gasteiger partial charge >= 0.3 is 5.97 Å². The highest BCUT2D eigenvalue weighted by atomic mass is 16.6. The lowest BCUT2D eigenvalue weighted by Gasteiger charge is -2.13. The summed E-state index contributed by atoms with van der Waals surface area (Å²) in [5.74, 6) is 0.717. The van der Waals surface area contributed by atoms with Crippen molar-refractivity contribution in [1.29, 1.82) is 0 Å². The van der Waals surface area contributed by atoms with Crippen molar-refractivity contribution in [2.75, 3.05) is 20.3 Å². The Morgan fingerprint density at radius 3 is 2.65 bits per heavy atom. The van der Waals surface area contributed by atoms with Crippen LogP contribution in [-0.2, 0) is 16.0 Å². The molecule has 20 heavy (non-hydrogen) atoms. The molecule has 1 rings (SSSR count). The minimum Gasteiger partial charge on any atom is -0.493 e. The molecular formula is C15H23NO4. The number of carbonyl (C=O) groups excluding carboxylic acids is 1. The van der Waals surface area contributed by atoms with E-state index < -0.39 is 5.97 Å². The number of nitrogens with two attached hydrogens (primary N) is 1. The molecular weight excluding hydrogens is 258 g/mol. The standard InChI is InChI=1S/C15H23NO4/c1-4-12(16)8-11-6-7-13(18-3)14(9-11)20-10-15(17)19-5-2/h6-7,9,12H,4-5,8,10,16H2,1-3H3. The molecule has 0 amide bonds. The molecule has 1 aromatic carbocycles. The number of methoxy groups -OCH3 is 1. The summed E-state index contributed by atoms with van der Waals surface area (Å²) in [5.41, 5.74) is 7.00. The summed E-state index contributed by atoms with van der Waals surface area (Å²) in [6, 6.07) is 5.73. The normalized spacial score (nSPS) is 11.8. The first-order chi connectivity index (χ1) is 9.60. The van der Waals surface area contributed by atoms with E-state index in [-0.39, 0.29) is 12.6 Å². The number of ether oxygens (including phenoxy) is 3. The molecule has 1 aromatic rings. The zero-order chi connectivity index (χ0) is 15.0. The van der Waals surface area contributed by atoms with Crippen LogP contribution < -0.4 is 15.2 Å². The van der Waals surface area contributed by atoms with Crippen LogP contribution in [0.2, 0.25) is 0 Å². The van der Waals surface area contributed by atoms with E-state index in [0.29, 0.717) is 18.1 Å². The van der Waals surface area contributed by atoms with Crippen molar-refractivity contribution in [3.63, 3.8) is 0 Å². The number of hydrogen-bond acceptors (Lipinski definition) is 5. The van der Waals surface area contributed by atoms with E-state index >= 15 is 0 Å². The van der Waals surface area contributed by atoms with Crippen molar-refractivity contribution in [2.24, 2.45) is 5.73 Å². The first kappa shape index (κ1) is 16.3. The summed E-state index contributed by atoms with van der Waals surface area (Å²) in [6.07, 6.45) is 1.67. The van der Waals surface area contributed by atoms with Gasteiger partial charge in [-0.15, -0.1) is 0 Å². The molecule has 0 heterocycles.